The molecule has 1 atom stereocenters. The largest absolute Gasteiger partial charge is 0.357 e. The van der Waals surface area contributed by atoms with Crippen molar-refractivity contribution in [1.29, 1.82) is 0 Å². The Morgan fingerprint density at radius 1 is 1.69 bits per heavy atom. The van der Waals surface area contributed by atoms with Crippen molar-refractivity contribution in [3.63, 3.8) is 0 Å². The van der Waals surface area contributed by atoms with Crippen molar-refractivity contribution in [3.05, 3.63) is 17.0 Å². The summed E-state index contributed by atoms with van der Waals surface area (Å²) in [6.45, 7) is 0.855. The van der Waals surface area contributed by atoms with Crippen LogP contribution in [-0.2, 0) is 4.79 Å². The van der Waals surface area contributed by atoms with Gasteiger partial charge in [0.1, 0.15) is 18.2 Å². The molecule has 0 aromatic carbocycles. The topological polar surface area (TPSA) is 58.1 Å². The average Bonchev–Trinajstić information content (AvgIpc) is 2.77. The number of nitrogens with one attached hydrogen (secondary N) is 1. The molecule has 1 aliphatic heterocycles. The highest BCUT2D eigenvalue weighted by atomic mass is 79.9. The van der Waals surface area contributed by atoms with E-state index in [2.05, 4.69) is 31.2 Å². The minimum absolute atomic E-state index is 0.0445. The third kappa shape index (κ3) is 2.02. The van der Waals surface area contributed by atoms with Crippen LogP contribution in [0, 0.1) is 0 Å². The van der Waals surface area contributed by atoms with Crippen LogP contribution in [0.25, 0.3) is 0 Å². The molecule has 1 aromatic heterocycles. The lowest BCUT2D eigenvalue weighted by Gasteiger charge is -2.24. The van der Waals surface area contributed by atoms with E-state index in [4.69, 9.17) is 0 Å². The van der Waals surface area contributed by atoms with Crippen molar-refractivity contribution in [1.82, 2.24) is 15.3 Å². The molecule has 0 spiro atoms. The fraction of sp³-hybridized carbons (Fsp3) is 0.500. The predicted molar refractivity (Wildman–Crippen MR) is 64.2 cm³/mol. The van der Waals surface area contributed by atoms with Crippen molar-refractivity contribution in [2.24, 2.45) is 0 Å². The van der Waals surface area contributed by atoms with Gasteiger partial charge in [0.15, 0.2) is 0 Å². The molecule has 0 radical (unpaired) electrons. The van der Waals surface area contributed by atoms with Crippen molar-refractivity contribution in [2.45, 2.75) is 18.9 Å². The van der Waals surface area contributed by atoms with Crippen molar-refractivity contribution < 1.29 is 4.79 Å². The zero-order chi connectivity index (χ0) is 11.5. The first-order valence-electron chi connectivity index (χ1n) is 5.17. The average molecular weight is 285 g/mol. The number of anilines is 1. The fourth-order valence-corrected chi connectivity index (χ4v) is 2.43. The third-order valence-electron chi connectivity index (χ3n) is 2.72. The molecular formula is C10H13BrN4O. The van der Waals surface area contributed by atoms with Crippen LogP contribution < -0.4 is 10.2 Å². The molecule has 0 bridgehead atoms. The van der Waals surface area contributed by atoms with Gasteiger partial charge in [0.2, 0.25) is 5.91 Å². The monoisotopic (exact) mass is 284 g/mol. The molecule has 5 nitrogen and oxygen atoms in total. The van der Waals surface area contributed by atoms with E-state index in [-0.39, 0.29) is 11.9 Å². The number of nitrogens with zero attached hydrogens (tertiary/aromatic N) is 3. The Kier molecular flexibility index (Phi) is 3.38. The number of carbonyl (C=O) groups is 1. The van der Waals surface area contributed by atoms with Gasteiger partial charge in [-0.05, 0) is 28.8 Å². The molecular weight excluding hydrogens is 272 g/mol. The lowest BCUT2D eigenvalue weighted by molar-refractivity contribution is -0.121. The quantitative estimate of drug-likeness (QED) is 0.879. The second kappa shape index (κ2) is 4.78. The van der Waals surface area contributed by atoms with Crippen LogP contribution in [0.3, 0.4) is 0 Å². The summed E-state index contributed by atoms with van der Waals surface area (Å²) in [6.07, 6.45) is 5.07. The summed E-state index contributed by atoms with van der Waals surface area (Å²) < 4.78 is 0.825. The van der Waals surface area contributed by atoms with Crippen LogP contribution in [0.4, 0.5) is 5.82 Å². The maximum atomic E-state index is 11.7. The van der Waals surface area contributed by atoms with Crippen LogP contribution in [0.1, 0.15) is 12.8 Å². The third-order valence-corrected chi connectivity index (χ3v) is 3.28. The molecule has 1 aliphatic rings. The van der Waals surface area contributed by atoms with Crippen molar-refractivity contribution in [3.8, 4) is 0 Å². The van der Waals surface area contributed by atoms with Gasteiger partial charge in [-0.1, -0.05) is 0 Å². The molecule has 1 aromatic rings. The smallest absolute Gasteiger partial charge is 0.242 e. The summed E-state index contributed by atoms with van der Waals surface area (Å²) in [5, 5.41) is 2.69. The van der Waals surface area contributed by atoms with Gasteiger partial charge in [-0.2, -0.15) is 0 Å². The SMILES string of the molecule is CNC(=O)C1CCCN1c1ncncc1Br. The van der Waals surface area contributed by atoms with E-state index in [9.17, 15) is 4.79 Å². The van der Waals surface area contributed by atoms with Gasteiger partial charge in [-0.3, -0.25) is 4.79 Å². The maximum absolute atomic E-state index is 11.7. The second-order valence-corrected chi connectivity index (χ2v) is 4.51. The maximum Gasteiger partial charge on any atom is 0.242 e. The molecule has 6 heteroatoms. The number of hydrogen-bond acceptors (Lipinski definition) is 4. The highest BCUT2D eigenvalue weighted by Crippen LogP contribution is 2.29. The lowest BCUT2D eigenvalue weighted by atomic mass is 10.2. The highest BCUT2D eigenvalue weighted by Gasteiger charge is 2.31. The number of hydrogen-bond donors (Lipinski definition) is 1. The fourth-order valence-electron chi connectivity index (χ4n) is 1.98. The van der Waals surface area contributed by atoms with E-state index < -0.39 is 0 Å². The highest BCUT2D eigenvalue weighted by molar-refractivity contribution is 9.10. The second-order valence-electron chi connectivity index (χ2n) is 3.66. The molecule has 0 aliphatic carbocycles. The standard InChI is InChI=1S/C10H13BrN4O/c1-12-10(16)8-3-2-4-15(8)9-7(11)5-13-6-14-9/h5-6,8H,2-4H2,1H3,(H,12,16). The molecule has 16 heavy (non-hydrogen) atoms. The van der Waals surface area contributed by atoms with Crippen LogP contribution in [0.15, 0.2) is 17.0 Å². The van der Waals surface area contributed by atoms with E-state index in [1.54, 1.807) is 13.2 Å². The molecule has 1 fully saturated rings. The minimum atomic E-state index is -0.115. The Morgan fingerprint density at radius 2 is 2.50 bits per heavy atom. The number of halogens is 1. The van der Waals surface area contributed by atoms with Gasteiger partial charge >= 0.3 is 0 Å². The zero-order valence-corrected chi connectivity index (χ0v) is 10.6. The van der Waals surface area contributed by atoms with Crippen molar-refractivity contribution in [2.75, 3.05) is 18.5 Å². The number of likely N-dealkylation sites (N-methyl/N-ethyl adjacent to an activating group) is 1. The van der Waals surface area contributed by atoms with E-state index in [0.717, 1.165) is 29.7 Å². The van der Waals surface area contributed by atoms with Gasteiger partial charge in [0, 0.05) is 19.8 Å². The number of rotatable bonds is 2. The number of amides is 1. The minimum Gasteiger partial charge on any atom is -0.357 e. The lowest BCUT2D eigenvalue weighted by Crippen LogP contribution is -2.42. The molecule has 2 heterocycles. The summed E-state index contributed by atoms with van der Waals surface area (Å²) in [5.41, 5.74) is 0. The van der Waals surface area contributed by atoms with Crippen LogP contribution in [0.2, 0.25) is 0 Å². The van der Waals surface area contributed by atoms with Gasteiger partial charge in [-0.15, -0.1) is 0 Å². The summed E-state index contributed by atoms with van der Waals surface area (Å²) >= 11 is 3.41. The summed E-state index contributed by atoms with van der Waals surface area (Å²) in [5.74, 6) is 0.837. The Balaban J connectivity index is 2.27. The number of aromatic nitrogens is 2. The molecule has 2 rings (SSSR count). The van der Waals surface area contributed by atoms with E-state index in [1.165, 1.54) is 6.33 Å². The summed E-state index contributed by atoms with van der Waals surface area (Å²) in [6, 6.07) is -0.115. The van der Waals surface area contributed by atoms with Crippen LogP contribution >= 0.6 is 15.9 Å². The Hall–Kier alpha value is -1.17. The van der Waals surface area contributed by atoms with Gasteiger partial charge in [-0.25, -0.2) is 9.97 Å². The first-order valence-corrected chi connectivity index (χ1v) is 5.97. The van der Waals surface area contributed by atoms with Gasteiger partial charge in [0.25, 0.3) is 0 Å². The molecule has 0 saturated carbocycles. The Morgan fingerprint density at radius 3 is 3.19 bits per heavy atom. The predicted octanol–water partition coefficient (Wildman–Crippen LogP) is 0.954. The molecule has 1 amide bonds. The van der Waals surface area contributed by atoms with E-state index in [0.29, 0.717) is 0 Å². The molecule has 1 N–H and O–H groups in total. The van der Waals surface area contributed by atoms with Crippen LogP contribution in [-0.4, -0.2) is 35.5 Å². The zero-order valence-electron chi connectivity index (χ0n) is 8.98. The van der Waals surface area contributed by atoms with E-state index >= 15 is 0 Å². The Bertz CT molecular complexity index is 398. The Labute approximate surface area is 102 Å². The first kappa shape index (κ1) is 11.3. The molecule has 1 saturated heterocycles. The summed E-state index contributed by atoms with van der Waals surface area (Å²) in [4.78, 5) is 21.9. The molecule has 1 unspecified atom stereocenters. The normalized spacial score (nSPS) is 19.9. The van der Waals surface area contributed by atoms with Crippen molar-refractivity contribution >= 4 is 27.7 Å². The molecule has 86 valence electrons. The van der Waals surface area contributed by atoms with Gasteiger partial charge < -0.3 is 10.2 Å². The van der Waals surface area contributed by atoms with E-state index in [1.807, 2.05) is 4.90 Å². The first-order chi connectivity index (χ1) is 7.74. The summed E-state index contributed by atoms with van der Waals surface area (Å²) in [7, 11) is 1.66. The van der Waals surface area contributed by atoms with Crippen LogP contribution in [0.5, 0.6) is 0 Å². The van der Waals surface area contributed by atoms with Gasteiger partial charge in [0.05, 0.1) is 4.47 Å². The number of carbonyl (C=O) groups excluding carboxylic acids is 1.